The van der Waals surface area contributed by atoms with E-state index in [-0.39, 0.29) is 0 Å². The molecule has 2 nitrogen and oxygen atoms in total. The van der Waals surface area contributed by atoms with Gasteiger partial charge in [0.15, 0.2) is 0 Å². The minimum atomic E-state index is 0.488. The Hall–Kier alpha value is -0.370. The Labute approximate surface area is 80.3 Å². The monoisotopic (exact) mass is 181 g/mol. The highest BCUT2D eigenvalue weighted by Crippen LogP contribution is 2.27. The summed E-state index contributed by atoms with van der Waals surface area (Å²) in [6, 6.07) is 1.29. The van der Waals surface area contributed by atoms with Gasteiger partial charge in [-0.15, -0.1) is 0 Å². The normalized spacial score (nSPS) is 36.8. The van der Waals surface area contributed by atoms with Crippen LogP contribution in [-0.2, 0) is 4.79 Å². The van der Waals surface area contributed by atoms with Crippen LogP contribution in [0.2, 0.25) is 0 Å². The third-order valence-electron chi connectivity index (χ3n) is 3.53. The number of hydrogen-bond acceptors (Lipinski definition) is 2. The molecule has 0 aromatic heterocycles. The molecule has 74 valence electrons. The first-order chi connectivity index (χ1) is 6.27. The Bertz CT molecular complexity index is 202. The zero-order valence-corrected chi connectivity index (χ0v) is 8.46. The molecule has 0 aliphatic carbocycles. The molecule has 2 heterocycles. The van der Waals surface area contributed by atoms with Crippen molar-refractivity contribution in [3.63, 3.8) is 0 Å². The van der Waals surface area contributed by atoms with Gasteiger partial charge in [0.05, 0.1) is 0 Å². The maximum atomic E-state index is 11.4. The molecular weight excluding hydrogens is 162 g/mol. The number of nitrogens with zero attached hydrogens (tertiary/aromatic N) is 1. The van der Waals surface area contributed by atoms with Crippen molar-refractivity contribution in [3.8, 4) is 0 Å². The van der Waals surface area contributed by atoms with E-state index in [0.717, 1.165) is 25.8 Å². The lowest BCUT2D eigenvalue weighted by atomic mass is 9.94. The van der Waals surface area contributed by atoms with Crippen LogP contribution >= 0.6 is 0 Å². The quantitative estimate of drug-likeness (QED) is 0.569. The van der Waals surface area contributed by atoms with E-state index >= 15 is 0 Å². The molecule has 0 spiro atoms. The maximum absolute atomic E-state index is 11.4. The van der Waals surface area contributed by atoms with Gasteiger partial charge < -0.3 is 0 Å². The summed E-state index contributed by atoms with van der Waals surface area (Å²) in [6.45, 7) is 3.46. The number of hydrogen-bond donors (Lipinski definition) is 0. The van der Waals surface area contributed by atoms with Crippen molar-refractivity contribution < 1.29 is 4.79 Å². The number of piperidine rings is 1. The van der Waals surface area contributed by atoms with Crippen LogP contribution in [0, 0.1) is 0 Å². The van der Waals surface area contributed by atoms with E-state index < -0.39 is 0 Å². The van der Waals surface area contributed by atoms with Gasteiger partial charge in [0.25, 0.3) is 0 Å². The average molecular weight is 181 g/mol. The molecule has 2 aliphatic heterocycles. The van der Waals surface area contributed by atoms with Crippen LogP contribution in [0.25, 0.3) is 0 Å². The minimum absolute atomic E-state index is 0.488. The van der Waals surface area contributed by atoms with E-state index in [4.69, 9.17) is 0 Å². The van der Waals surface area contributed by atoms with Gasteiger partial charge in [-0.3, -0.25) is 9.69 Å². The van der Waals surface area contributed by atoms with Gasteiger partial charge in [0.1, 0.15) is 5.78 Å². The highest BCUT2D eigenvalue weighted by molar-refractivity contribution is 5.79. The molecule has 2 atom stereocenters. The molecule has 2 saturated heterocycles. The summed E-state index contributed by atoms with van der Waals surface area (Å²) in [5.74, 6) is 0.488. The van der Waals surface area contributed by atoms with Crippen LogP contribution in [-0.4, -0.2) is 29.3 Å². The van der Waals surface area contributed by atoms with Gasteiger partial charge in [-0.1, -0.05) is 6.42 Å². The van der Waals surface area contributed by atoms with Crippen LogP contribution in [0.3, 0.4) is 0 Å². The van der Waals surface area contributed by atoms with E-state index in [1.807, 2.05) is 0 Å². The number of carbonyl (C=O) groups excluding carboxylic acids is 1. The number of rotatable bonds is 0. The van der Waals surface area contributed by atoms with Crippen LogP contribution in [0.5, 0.6) is 0 Å². The van der Waals surface area contributed by atoms with E-state index in [1.165, 1.54) is 19.3 Å². The summed E-state index contributed by atoms with van der Waals surface area (Å²) in [7, 11) is 0. The minimum Gasteiger partial charge on any atom is -0.300 e. The van der Waals surface area contributed by atoms with E-state index in [1.54, 1.807) is 0 Å². The fourth-order valence-corrected chi connectivity index (χ4v) is 2.79. The third kappa shape index (κ3) is 1.93. The van der Waals surface area contributed by atoms with Gasteiger partial charge in [-0.05, 0) is 32.7 Å². The van der Waals surface area contributed by atoms with Crippen molar-refractivity contribution >= 4 is 5.78 Å². The van der Waals surface area contributed by atoms with Crippen LogP contribution in [0.1, 0.15) is 45.4 Å². The van der Waals surface area contributed by atoms with Gasteiger partial charge in [0.2, 0.25) is 0 Å². The summed E-state index contributed by atoms with van der Waals surface area (Å²) in [5, 5.41) is 0. The first-order valence-corrected chi connectivity index (χ1v) is 5.55. The zero-order chi connectivity index (χ0) is 9.26. The third-order valence-corrected chi connectivity index (χ3v) is 3.53. The van der Waals surface area contributed by atoms with Crippen molar-refractivity contribution in [1.29, 1.82) is 0 Å². The Morgan fingerprint density at radius 1 is 1.31 bits per heavy atom. The first kappa shape index (κ1) is 9.20. The molecule has 0 radical (unpaired) electrons. The lowest BCUT2D eigenvalue weighted by molar-refractivity contribution is -0.119. The second kappa shape index (κ2) is 3.79. The predicted molar refractivity (Wildman–Crippen MR) is 52.7 cm³/mol. The Balaban J connectivity index is 2.06. The molecule has 0 saturated carbocycles. The van der Waals surface area contributed by atoms with Gasteiger partial charge in [-0.25, -0.2) is 0 Å². The number of carbonyl (C=O) groups is 1. The Morgan fingerprint density at radius 2 is 2.15 bits per heavy atom. The number of ketones is 1. The molecule has 0 bridgehead atoms. The van der Waals surface area contributed by atoms with Crippen molar-refractivity contribution in [3.05, 3.63) is 0 Å². The summed E-state index contributed by atoms with van der Waals surface area (Å²) < 4.78 is 0. The fourth-order valence-electron chi connectivity index (χ4n) is 2.79. The van der Waals surface area contributed by atoms with E-state index in [2.05, 4.69) is 11.8 Å². The second-order valence-corrected chi connectivity index (χ2v) is 4.52. The molecule has 0 N–H and O–H groups in total. The Morgan fingerprint density at radius 3 is 3.00 bits per heavy atom. The van der Waals surface area contributed by atoms with E-state index in [0.29, 0.717) is 17.9 Å². The van der Waals surface area contributed by atoms with Crippen molar-refractivity contribution in [1.82, 2.24) is 4.90 Å². The zero-order valence-electron chi connectivity index (χ0n) is 8.46. The molecule has 13 heavy (non-hydrogen) atoms. The molecule has 2 rings (SSSR count). The van der Waals surface area contributed by atoms with Crippen molar-refractivity contribution in [2.45, 2.75) is 57.5 Å². The largest absolute Gasteiger partial charge is 0.300 e. The molecule has 0 unspecified atom stereocenters. The van der Waals surface area contributed by atoms with Gasteiger partial charge in [-0.2, -0.15) is 0 Å². The lowest BCUT2D eigenvalue weighted by Gasteiger charge is -2.39. The molecule has 0 aromatic rings. The smallest absolute Gasteiger partial charge is 0.134 e. The first-order valence-electron chi connectivity index (χ1n) is 5.55. The van der Waals surface area contributed by atoms with Crippen molar-refractivity contribution in [2.24, 2.45) is 0 Å². The van der Waals surface area contributed by atoms with Gasteiger partial charge >= 0.3 is 0 Å². The lowest BCUT2D eigenvalue weighted by Crippen LogP contribution is -2.45. The summed E-state index contributed by atoms with van der Waals surface area (Å²) in [4.78, 5) is 14.0. The van der Waals surface area contributed by atoms with Crippen LogP contribution in [0.15, 0.2) is 0 Å². The highest BCUT2D eigenvalue weighted by Gasteiger charge is 2.30. The highest BCUT2D eigenvalue weighted by atomic mass is 16.1. The maximum Gasteiger partial charge on any atom is 0.134 e. The summed E-state index contributed by atoms with van der Waals surface area (Å²) in [6.07, 6.45) is 6.61. The molecule has 2 fully saturated rings. The number of Topliss-reactive ketones (excluding diaryl/α,β-unsaturated/α-hetero) is 1. The topological polar surface area (TPSA) is 20.3 Å². The summed E-state index contributed by atoms with van der Waals surface area (Å²) >= 11 is 0. The molecular formula is C11H19NO. The predicted octanol–water partition coefficient (Wildman–Crippen LogP) is 1.98. The molecule has 0 amide bonds. The van der Waals surface area contributed by atoms with Gasteiger partial charge in [0, 0.05) is 24.9 Å². The fraction of sp³-hybridized carbons (Fsp3) is 0.909. The van der Waals surface area contributed by atoms with Crippen LogP contribution < -0.4 is 0 Å². The molecule has 2 heteroatoms. The SMILES string of the molecule is C[C@@H]1CCC[C@H]2CC(=O)CCCN21. The van der Waals surface area contributed by atoms with Crippen molar-refractivity contribution in [2.75, 3.05) is 6.54 Å². The Kier molecular flexibility index (Phi) is 2.68. The molecule has 2 aliphatic rings. The standard InChI is InChI=1S/C11H19NO/c1-9-4-2-5-10-8-11(13)6-3-7-12(9)10/h9-10H,2-8H2,1H3/t9-,10+/m1/s1. The molecule has 0 aromatic carbocycles. The summed E-state index contributed by atoms with van der Waals surface area (Å²) in [5.41, 5.74) is 0. The van der Waals surface area contributed by atoms with Crippen LogP contribution in [0.4, 0.5) is 0 Å². The average Bonchev–Trinajstić information content (AvgIpc) is 2.27. The number of fused-ring (bicyclic) bond motifs is 1. The second-order valence-electron chi connectivity index (χ2n) is 4.52. The van der Waals surface area contributed by atoms with E-state index in [9.17, 15) is 4.79 Å².